The van der Waals surface area contributed by atoms with E-state index < -0.39 is 18.2 Å². The molecule has 3 heterocycles. The van der Waals surface area contributed by atoms with Crippen LogP contribution < -0.4 is 5.73 Å². The van der Waals surface area contributed by atoms with Crippen molar-refractivity contribution >= 4 is 55.2 Å². The normalized spacial score (nSPS) is 23.4. The summed E-state index contributed by atoms with van der Waals surface area (Å²) in [5, 5.41) is 24.0. The average Bonchev–Trinajstić information content (AvgIpc) is 3.27. The number of aryl methyl sites for hydroxylation is 1. The molecule has 0 saturated heterocycles. The number of benzene rings is 1. The number of aliphatic hydroxyl groups excluding tert-OH is 2. The Morgan fingerprint density at radius 1 is 1.16 bits per heavy atom. The van der Waals surface area contributed by atoms with Crippen molar-refractivity contribution in [1.29, 1.82) is 0 Å². The molecule has 1 aliphatic rings. The second-order valence-corrected chi connectivity index (χ2v) is 9.51. The first-order valence-electron chi connectivity index (χ1n) is 10.4. The Morgan fingerprint density at radius 2 is 1.97 bits per heavy atom. The van der Waals surface area contributed by atoms with Gasteiger partial charge in [-0.15, -0.1) is 0 Å². The van der Waals surface area contributed by atoms with E-state index in [0.717, 1.165) is 31.9 Å². The van der Waals surface area contributed by atoms with Crippen molar-refractivity contribution in [3.8, 4) is 0 Å². The van der Waals surface area contributed by atoms with Crippen molar-refractivity contribution < 1.29 is 10.2 Å². The number of aliphatic hydroxyl groups is 2. The van der Waals surface area contributed by atoms with Crippen LogP contribution in [-0.4, -0.2) is 37.0 Å². The molecule has 0 spiro atoms. The maximum Gasteiger partial charge on any atom is 0.143 e. The topological polar surface area (TPSA) is 97.2 Å². The summed E-state index contributed by atoms with van der Waals surface area (Å²) in [6.07, 6.45) is 2.97. The lowest BCUT2D eigenvalue weighted by molar-refractivity contribution is 0.00550. The number of rotatable bonds is 4. The second kappa shape index (κ2) is 8.15. The lowest BCUT2D eigenvalue weighted by atomic mass is 9.93. The average molecular weight is 514 g/mol. The van der Waals surface area contributed by atoms with Gasteiger partial charge in [-0.2, -0.15) is 0 Å². The Kier molecular flexibility index (Phi) is 5.45. The van der Waals surface area contributed by atoms with Crippen LogP contribution in [0.3, 0.4) is 0 Å². The number of anilines is 1. The van der Waals surface area contributed by atoms with E-state index in [1.807, 2.05) is 35.0 Å². The molecule has 4 N–H and O–H groups in total. The Morgan fingerprint density at radius 3 is 2.78 bits per heavy atom. The van der Waals surface area contributed by atoms with Crippen LogP contribution in [-0.2, 0) is 6.42 Å². The lowest BCUT2D eigenvalue weighted by Crippen LogP contribution is -2.29. The summed E-state index contributed by atoms with van der Waals surface area (Å²) in [5.41, 5.74) is 10.1. The van der Waals surface area contributed by atoms with Crippen molar-refractivity contribution in [3.63, 3.8) is 0 Å². The van der Waals surface area contributed by atoms with E-state index in [0.29, 0.717) is 29.3 Å². The highest BCUT2D eigenvalue weighted by atomic mass is 79.9. The fourth-order valence-corrected chi connectivity index (χ4v) is 5.21. The number of aromatic nitrogens is 3. The maximum absolute atomic E-state index is 10.9. The zero-order valence-electron chi connectivity index (χ0n) is 17.1. The van der Waals surface area contributed by atoms with E-state index in [1.54, 1.807) is 12.3 Å². The van der Waals surface area contributed by atoms with Crippen LogP contribution in [0.4, 0.5) is 5.69 Å². The van der Waals surface area contributed by atoms with Crippen LogP contribution in [0.1, 0.15) is 18.0 Å². The number of nitrogen functional groups attached to an aromatic ring is 1. The van der Waals surface area contributed by atoms with E-state index >= 15 is 0 Å². The van der Waals surface area contributed by atoms with Gasteiger partial charge in [-0.3, -0.25) is 0 Å². The van der Waals surface area contributed by atoms with Gasteiger partial charge in [0.25, 0.3) is 0 Å². The SMILES string of the molecule is C=C1[C@@H](n2ccc3c(N)ccnc32)[C@H](O)[C@H](O)[C@H]1CCc1ccc2cc(Br)c(Cl)nc2c1. The van der Waals surface area contributed by atoms with Gasteiger partial charge in [0, 0.05) is 34.8 Å². The molecule has 1 aromatic carbocycles. The van der Waals surface area contributed by atoms with Gasteiger partial charge in [0.05, 0.1) is 22.1 Å². The van der Waals surface area contributed by atoms with Crippen LogP contribution in [0.25, 0.3) is 21.9 Å². The molecule has 4 atom stereocenters. The first-order chi connectivity index (χ1) is 15.3. The monoisotopic (exact) mass is 512 g/mol. The van der Waals surface area contributed by atoms with Crippen molar-refractivity contribution in [2.24, 2.45) is 5.92 Å². The van der Waals surface area contributed by atoms with Gasteiger partial charge < -0.3 is 20.5 Å². The molecule has 0 amide bonds. The number of nitrogens with two attached hydrogens (primary N) is 1. The predicted octanol–water partition coefficient (Wildman–Crippen LogP) is 4.66. The molecule has 0 radical (unpaired) electrons. The highest BCUT2D eigenvalue weighted by Gasteiger charge is 2.45. The van der Waals surface area contributed by atoms with E-state index in [1.165, 1.54) is 0 Å². The van der Waals surface area contributed by atoms with E-state index in [-0.39, 0.29) is 5.92 Å². The third-order valence-corrected chi connectivity index (χ3v) is 7.55. The van der Waals surface area contributed by atoms with Crippen LogP contribution in [0, 0.1) is 5.92 Å². The van der Waals surface area contributed by atoms with Gasteiger partial charge in [0.2, 0.25) is 0 Å². The Balaban J connectivity index is 1.39. The largest absolute Gasteiger partial charge is 0.398 e. The predicted molar refractivity (Wildman–Crippen MR) is 131 cm³/mol. The zero-order chi connectivity index (χ0) is 22.6. The molecular weight excluding hydrogens is 492 g/mol. The molecule has 8 heteroatoms. The summed E-state index contributed by atoms with van der Waals surface area (Å²) in [6, 6.07) is 11.2. The fourth-order valence-electron chi connectivity index (χ4n) is 4.73. The van der Waals surface area contributed by atoms with Crippen LogP contribution in [0.5, 0.6) is 0 Å². The number of hydrogen-bond acceptors (Lipinski definition) is 5. The van der Waals surface area contributed by atoms with E-state index in [2.05, 4.69) is 38.5 Å². The number of fused-ring (bicyclic) bond motifs is 2. The Labute approximate surface area is 198 Å². The summed E-state index contributed by atoms with van der Waals surface area (Å²) < 4.78 is 2.63. The van der Waals surface area contributed by atoms with Crippen molar-refractivity contribution in [1.82, 2.24) is 14.5 Å². The smallest absolute Gasteiger partial charge is 0.143 e. The van der Waals surface area contributed by atoms with Crippen molar-refractivity contribution in [3.05, 3.63) is 76.1 Å². The molecule has 0 unspecified atom stereocenters. The minimum Gasteiger partial charge on any atom is -0.398 e. The summed E-state index contributed by atoms with van der Waals surface area (Å²) in [6.45, 7) is 4.25. The molecule has 1 saturated carbocycles. The third kappa shape index (κ3) is 3.49. The van der Waals surface area contributed by atoms with Gasteiger partial charge in [0.15, 0.2) is 0 Å². The summed E-state index contributed by atoms with van der Waals surface area (Å²) in [4.78, 5) is 8.86. The maximum atomic E-state index is 10.9. The molecule has 32 heavy (non-hydrogen) atoms. The quantitative estimate of drug-likeness (QED) is 0.272. The molecule has 1 fully saturated rings. The zero-order valence-corrected chi connectivity index (χ0v) is 19.5. The lowest BCUT2D eigenvalue weighted by Gasteiger charge is -2.19. The molecule has 0 bridgehead atoms. The molecule has 6 nitrogen and oxygen atoms in total. The number of nitrogens with zero attached hydrogens (tertiary/aromatic N) is 3. The van der Waals surface area contributed by atoms with Crippen molar-refractivity contribution in [2.45, 2.75) is 31.1 Å². The molecular formula is C24H22BrClN4O2. The standard InChI is InChI=1S/C24H22BrClN4O2/c1-12-15(5-3-13-2-4-14-11-17(25)23(26)29-19(14)10-13)21(31)22(32)20(12)30-9-7-16-18(27)6-8-28-24(16)30/h2,4,6-11,15,20-22,31-32H,1,3,5H2,(H2,27,28)/t15-,20+,21+,22-/m0/s1. The van der Waals surface area contributed by atoms with Crippen LogP contribution in [0.15, 0.2) is 65.4 Å². The number of hydrogen-bond donors (Lipinski definition) is 3. The first kappa shape index (κ1) is 21.4. The van der Waals surface area contributed by atoms with Gasteiger partial charge >= 0.3 is 0 Å². The highest BCUT2D eigenvalue weighted by Crippen LogP contribution is 2.43. The first-order valence-corrected chi connectivity index (χ1v) is 11.5. The van der Waals surface area contributed by atoms with E-state index in [4.69, 9.17) is 17.3 Å². The minimum atomic E-state index is -0.972. The van der Waals surface area contributed by atoms with Gasteiger partial charge in [-0.1, -0.05) is 30.3 Å². The molecule has 4 aromatic rings. The summed E-state index contributed by atoms with van der Waals surface area (Å²) >= 11 is 9.55. The van der Waals surface area contributed by atoms with Crippen LogP contribution >= 0.6 is 27.5 Å². The molecule has 0 aliphatic heterocycles. The number of pyridine rings is 2. The van der Waals surface area contributed by atoms with Crippen LogP contribution in [0.2, 0.25) is 5.15 Å². The van der Waals surface area contributed by atoms with Gasteiger partial charge in [0.1, 0.15) is 16.9 Å². The summed E-state index contributed by atoms with van der Waals surface area (Å²) in [5.74, 6) is -0.245. The van der Waals surface area contributed by atoms with Gasteiger partial charge in [-0.25, -0.2) is 9.97 Å². The Hall–Kier alpha value is -2.45. The van der Waals surface area contributed by atoms with Crippen molar-refractivity contribution in [2.75, 3.05) is 5.73 Å². The third-order valence-electron chi connectivity index (χ3n) is 6.43. The molecule has 164 valence electrons. The molecule has 3 aromatic heterocycles. The van der Waals surface area contributed by atoms with E-state index in [9.17, 15) is 10.2 Å². The summed E-state index contributed by atoms with van der Waals surface area (Å²) in [7, 11) is 0. The Bertz CT molecular complexity index is 1350. The molecule has 1 aliphatic carbocycles. The highest BCUT2D eigenvalue weighted by molar-refractivity contribution is 9.10. The minimum absolute atomic E-state index is 0.245. The fraction of sp³-hybridized carbons (Fsp3) is 0.250. The molecule has 5 rings (SSSR count). The number of halogens is 2. The van der Waals surface area contributed by atoms with Gasteiger partial charge in [-0.05, 0) is 64.2 Å². The second-order valence-electron chi connectivity index (χ2n) is 8.29.